The number of halogens is 1. The maximum Gasteiger partial charge on any atom is 0.220 e. The summed E-state index contributed by atoms with van der Waals surface area (Å²) in [5.74, 6) is 2.22. The van der Waals surface area contributed by atoms with Crippen molar-refractivity contribution in [2.24, 2.45) is 17.8 Å². The van der Waals surface area contributed by atoms with E-state index in [-0.39, 0.29) is 5.91 Å². The van der Waals surface area contributed by atoms with Crippen molar-refractivity contribution in [3.8, 4) is 0 Å². The molecule has 1 amide bonds. The van der Waals surface area contributed by atoms with Gasteiger partial charge in [-0.05, 0) is 50.4 Å². The van der Waals surface area contributed by atoms with E-state index in [1.807, 2.05) is 6.92 Å². The second kappa shape index (κ2) is 7.63. The van der Waals surface area contributed by atoms with E-state index >= 15 is 0 Å². The molecule has 1 N–H and O–H groups in total. The summed E-state index contributed by atoms with van der Waals surface area (Å²) in [6.45, 7) is 3.69. The van der Waals surface area contributed by atoms with E-state index in [1.54, 1.807) is 0 Å². The lowest BCUT2D eigenvalue weighted by Gasteiger charge is -2.34. The van der Waals surface area contributed by atoms with Crippen LogP contribution in [0.25, 0.3) is 0 Å². The van der Waals surface area contributed by atoms with Gasteiger partial charge in [-0.2, -0.15) is 0 Å². The maximum absolute atomic E-state index is 11.9. The molecule has 0 aromatic heterocycles. The van der Waals surface area contributed by atoms with Gasteiger partial charge in [-0.15, -0.1) is 0 Å². The van der Waals surface area contributed by atoms with Gasteiger partial charge in [-0.25, -0.2) is 0 Å². The number of amides is 1. The third-order valence-electron chi connectivity index (χ3n) is 4.65. The van der Waals surface area contributed by atoms with Crippen molar-refractivity contribution in [1.82, 2.24) is 5.32 Å². The van der Waals surface area contributed by atoms with Crippen LogP contribution in [-0.4, -0.2) is 30.5 Å². The number of hydrogen-bond acceptors (Lipinski definition) is 2. The molecular weight excluding hydrogens is 306 g/mol. The smallest absolute Gasteiger partial charge is 0.220 e. The Morgan fingerprint density at radius 2 is 2.05 bits per heavy atom. The molecule has 2 aliphatic carbocycles. The average molecular weight is 332 g/mol. The fraction of sp³-hybridized carbons (Fsp3) is 0.933. The van der Waals surface area contributed by atoms with Crippen LogP contribution in [0.4, 0.5) is 0 Å². The van der Waals surface area contributed by atoms with Gasteiger partial charge in [-0.1, -0.05) is 22.4 Å². The first-order valence-corrected chi connectivity index (χ1v) is 8.79. The van der Waals surface area contributed by atoms with E-state index in [0.717, 1.165) is 37.2 Å². The first kappa shape index (κ1) is 15.3. The third-order valence-corrected chi connectivity index (χ3v) is 5.48. The zero-order chi connectivity index (χ0) is 13.7. The molecule has 2 fully saturated rings. The Morgan fingerprint density at radius 3 is 2.74 bits per heavy atom. The molecule has 19 heavy (non-hydrogen) atoms. The quantitative estimate of drug-likeness (QED) is 0.728. The largest absolute Gasteiger partial charge is 0.378 e. The average Bonchev–Trinajstić information content (AvgIpc) is 2.81. The summed E-state index contributed by atoms with van der Waals surface area (Å²) in [5, 5.41) is 4.21. The fourth-order valence-corrected chi connectivity index (χ4v) is 4.23. The van der Waals surface area contributed by atoms with E-state index in [4.69, 9.17) is 4.74 Å². The minimum atomic E-state index is 0.236. The molecule has 0 bridgehead atoms. The van der Waals surface area contributed by atoms with Gasteiger partial charge in [0.15, 0.2) is 0 Å². The van der Waals surface area contributed by atoms with Crippen LogP contribution in [0.1, 0.15) is 45.4 Å². The van der Waals surface area contributed by atoms with Crippen LogP contribution in [0.3, 0.4) is 0 Å². The van der Waals surface area contributed by atoms with Crippen LogP contribution in [0, 0.1) is 17.8 Å². The summed E-state index contributed by atoms with van der Waals surface area (Å²) in [6, 6.07) is 0. The molecule has 0 radical (unpaired) electrons. The lowest BCUT2D eigenvalue weighted by Crippen LogP contribution is -2.37. The zero-order valence-electron chi connectivity index (χ0n) is 11.9. The van der Waals surface area contributed by atoms with Crippen molar-refractivity contribution in [3.63, 3.8) is 0 Å². The lowest BCUT2D eigenvalue weighted by atomic mass is 9.80. The summed E-state index contributed by atoms with van der Waals surface area (Å²) in [4.78, 5) is 11.9. The third kappa shape index (κ3) is 4.45. The Morgan fingerprint density at radius 1 is 1.32 bits per heavy atom. The highest BCUT2D eigenvalue weighted by Gasteiger charge is 2.31. The molecule has 4 heteroatoms. The van der Waals surface area contributed by atoms with Crippen LogP contribution in [0.15, 0.2) is 0 Å². The first-order valence-electron chi connectivity index (χ1n) is 7.67. The van der Waals surface area contributed by atoms with Gasteiger partial charge in [-0.3, -0.25) is 4.79 Å². The molecule has 0 heterocycles. The van der Waals surface area contributed by atoms with Crippen molar-refractivity contribution in [1.29, 1.82) is 0 Å². The summed E-state index contributed by atoms with van der Waals surface area (Å²) in [6.07, 6.45) is 7.13. The Bertz CT molecular complexity index is 292. The van der Waals surface area contributed by atoms with Crippen molar-refractivity contribution < 1.29 is 9.53 Å². The maximum atomic E-state index is 11.9. The van der Waals surface area contributed by atoms with Gasteiger partial charge in [0, 0.05) is 24.9 Å². The predicted octanol–water partition coefficient (Wildman–Crippen LogP) is 3.12. The number of carbonyl (C=O) groups excluding carboxylic acids is 1. The standard InChI is InChI=1S/C15H26BrNO2/c1-2-19-14-6-11(7-14)8-15(18)17-10-13-5-3-4-12(13)9-16/h11-14H,2-10H2,1H3,(H,17,18). The number of rotatable bonds is 7. The van der Waals surface area contributed by atoms with Gasteiger partial charge in [0.05, 0.1) is 6.10 Å². The predicted molar refractivity (Wildman–Crippen MR) is 80.4 cm³/mol. The number of hydrogen-bond donors (Lipinski definition) is 1. The summed E-state index contributed by atoms with van der Waals surface area (Å²) < 4.78 is 5.52. The van der Waals surface area contributed by atoms with E-state index in [0.29, 0.717) is 24.4 Å². The molecule has 0 saturated heterocycles. The molecular formula is C15H26BrNO2. The van der Waals surface area contributed by atoms with Crippen LogP contribution in [0.2, 0.25) is 0 Å². The van der Waals surface area contributed by atoms with E-state index in [2.05, 4.69) is 21.2 Å². The summed E-state index contributed by atoms with van der Waals surface area (Å²) >= 11 is 3.58. The molecule has 3 nitrogen and oxygen atoms in total. The van der Waals surface area contributed by atoms with Crippen molar-refractivity contribution in [2.45, 2.75) is 51.6 Å². The second-order valence-electron chi connectivity index (χ2n) is 6.03. The molecule has 0 aromatic carbocycles. The highest BCUT2D eigenvalue weighted by atomic mass is 79.9. The van der Waals surface area contributed by atoms with E-state index < -0.39 is 0 Å². The normalized spacial score (nSPS) is 34.0. The van der Waals surface area contributed by atoms with E-state index in [9.17, 15) is 4.79 Å². The van der Waals surface area contributed by atoms with E-state index in [1.165, 1.54) is 19.3 Å². The first-order chi connectivity index (χ1) is 9.22. The monoisotopic (exact) mass is 331 g/mol. The Balaban J connectivity index is 1.58. The van der Waals surface area contributed by atoms with Gasteiger partial charge >= 0.3 is 0 Å². The molecule has 0 aliphatic heterocycles. The topological polar surface area (TPSA) is 38.3 Å². The Kier molecular flexibility index (Phi) is 6.14. The van der Waals surface area contributed by atoms with Crippen molar-refractivity contribution in [3.05, 3.63) is 0 Å². The molecule has 2 rings (SSSR count). The molecule has 2 aliphatic rings. The molecule has 0 spiro atoms. The van der Waals surface area contributed by atoms with Crippen LogP contribution in [-0.2, 0) is 9.53 Å². The minimum absolute atomic E-state index is 0.236. The van der Waals surface area contributed by atoms with Gasteiger partial charge in [0.25, 0.3) is 0 Å². The molecule has 2 unspecified atom stereocenters. The highest BCUT2D eigenvalue weighted by molar-refractivity contribution is 9.09. The van der Waals surface area contributed by atoms with Crippen LogP contribution in [0.5, 0.6) is 0 Å². The number of carbonyl (C=O) groups is 1. The summed E-state index contributed by atoms with van der Waals surface area (Å²) in [7, 11) is 0. The molecule has 0 aromatic rings. The van der Waals surface area contributed by atoms with Gasteiger partial charge in [0.2, 0.25) is 5.91 Å². The molecule has 2 atom stereocenters. The van der Waals surface area contributed by atoms with Gasteiger partial charge in [0.1, 0.15) is 0 Å². The number of nitrogens with one attached hydrogen (secondary N) is 1. The van der Waals surface area contributed by atoms with Crippen LogP contribution < -0.4 is 5.32 Å². The highest BCUT2D eigenvalue weighted by Crippen LogP contribution is 2.34. The number of ether oxygens (including phenoxy) is 1. The van der Waals surface area contributed by atoms with Gasteiger partial charge < -0.3 is 10.1 Å². The van der Waals surface area contributed by atoms with Crippen molar-refractivity contribution >= 4 is 21.8 Å². The Labute approximate surface area is 125 Å². The lowest BCUT2D eigenvalue weighted by molar-refractivity contribution is -0.124. The Hall–Kier alpha value is -0.0900. The van der Waals surface area contributed by atoms with Crippen LogP contribution >= 0.6 is 15.9 Å². The zero-order valence-corrected chi connectivity index (χ0v) is 13.5. The summed E-state index contributed by atoms with van der Waals surface area (Å²) in [5.41, 5.74) is 0. The number of alkyl halides is 1. The van der Waals surface area contributed by atoms with Crippen molar-refractivity contribution in [2.75, 3.05) is 18.5 Å². The molecule has 2 saturated carbocycles. The SMILES string of the molecule is CCOC1CC(CC(=O)NCC2CCCC2CBr)C1. The second-order valence-corrected chi connectivity index (χ2v) is 6.68. The fourth-order valence-electron chi connectivity index (χ4n) is 3.38. The minimum Gasteiger partial charge on any atom is -0.378 e. The molecule has 110 valence electrons.